The fourth-order valence-corrected chi connectivity index (χ4v) is 3.36. The SMILES string of the molecule is Nc1nc(-c2ccccc2)nc2c1ncn2[C@]1(C#CCO)O[C@H](CO)[C@@H](O)[C@H]1O. The average molecular weight is 397 g/mol. The Bertz CT molecular complexity index is 1090. The van der Waals surface area contributed by atoms with Crippen molar-refractivity contribution in [2.45, 2.75) is 24.0 Å². The first kappa shape index (κ1) is 19.3. The molecule has 1 aliphatic heterocycles. The molecule has 0 amide bonds. The lowest BCUT2D eigenvalue weighted by Gasteiger charge is -2.28. The number of nitrogens with two attached hydrogens (primary N) is 1. The van der Waals surface area contributed by atoms with Crippen molar-refractivity contribution in [3.63, 3.8) is 0 Å². The van der Waals surface area contributed by atoms with Crippen molar-refractivity contribution in [2.75, 3.05) is 18.9 Å². The van der Waals surface area contributed by atoms with Crippen LogP contribution in [0.5, 0.6) is 0 Å². The van der Waals surface area contributed by atoms with Crippen LogP contribution in [0.1, 0.15) is 0 Å². The largest absolute Gasteiger partial charge is 0.394 e. The van der Waals surface area contributed by atoms with E-state index in [9.17, 15) is 20.4 Å². The van der Waals surface area contributed by atoms with Crippen LogP contribution >= 0.6 is 0 Å². The van der Waals surface area contributed by atoms with Gasteiger partial charge in [-0.25, -0.2) is 15.0 Å². The summed E-state index contributed by atoms with van der Waals surface area (Å²) < 4.78 is 7.08. The monoisotopic (exact) mass is 397 g/mol. The van der Waals surface area contributed by atoms with E-state index < -0.39 is 37.3 Å². The molecule has 6 N–H and O–H groups in total. The molecule has 0 radical (unpaired) electrons. The van der Waals surface area contributed by atoms with Crippen molar-refractivity contribution in [1.29, 1.82) is 0 Å². The number of aliphatic hydroxyl groups is 4. The molecule has 10 heteroatoms. The molecule has 29 heavy (non-hydrogen) atoms. The third-order valence-corrected chi connectivity index (χ3v) is 4.78. The molecule has 0 aliphatic carbocycles. The molecule has 1 fully saturated rings. The van der Waals surface area contributed by atoms with Gasteiger partial charge in [-0.1, -0.05) is 36.3 Å². The normalized spacial score (nSPS) is 26.4. The lowest BCUT2D eigenvalue weighted by Crippen LogP contribution is -2.44. The van der Waals surface area contributed by atoms with Crippen LogP contribution in [0.3, 0.4) is 0 Å². The number of anilines is 1. The van der Waals surface area contributed by atoms with Crippen LogP contribution < -0.4 is 5.73 Å². The summed E-state index contributed by atoms with van der Waals surface area (Å²) in [5.41, 5.74) is 5.42. The first-order valence-corrected chi connectivity index (χ1v) is 8.84. The number of nitrogen functional groups attached to an aromatic ring is 1. The summed E-state index contributed by atoms with van der Waals surface area (Å²) in [6.45, 7) is -1.05. The van der Waals surface area contributed by atoms with Gasteiger partial charge in [-0.3, -0.25) is 4.57 Å². The Hall–Kier alpha value is -3.07. The van der Waals surface area contributed by atoms with Crippen molar-refractivity contribution >= 4 is 17.0 Å². The van der Waals surface area contributed by atoms with Crippen LogP contribution in [0, 0.1) is 11.8 Å². The maximum absolute atomic E-state index is 10.7. The average Bonchev–Trinajstić information content (AvgIpc) is 3.28. The molecule has 10 nitrogen and oxygen atoms in total. The van der Waals surface area contributed by atoms with Gasteiger partial charge in [0.05, 0.1) is 6.61 Å². The Labute approximate surface area is 165 Å². The van der Waals surface area contributed by atoms with Crippen molar-refractivity contribution in [2.24, 2.45) is 0 Å². The topological polar surface area (TPSA) is 160 Å². The number of aromatic nitrogens is 4. The van der Waals surface area contributed by atoms with E-state index >= 15 is 0 Å². The van der Waals surface area contributed by atoms with Crippen molar-refractivity contribution in [1.82, 2.24) is 19.5 Å². The second-order valence-corrected chi connectivity index (χ2v) is 6.52. The van der Waals surface area contributed by atoms with Crippen LogP contribution in [0.2, 0.25) is 0 Å². The van der Waals surface area contributed by atoms with Gasteiger partial charge in [-0.15, -0.1) is 0 Å². The highest BCUT2D eigenvalue weighted by Crippen LogP contribution is 2.38. The van der Waals surface area contributed by atoms with Crippen molar-refractivity contribution in [3.05, 3.63) is 36.7 Å². The summed E-state index contributed by atoms with van der Waals surface area (Å²) in [5.74, 6) is 5.53. The number of nitrogens with zero attached hydrogens (tertiary/aromatic N) is 4. The number of fused-ring (bicyclic) bond motifs is 1. The molecular weight excluding hydrogens is 378 g/mol. The lowest BCUT2D eigenvalue weighted by atomic mass is 10.0. The second kappa shape index (κ2) is 7.40. The minimum absolute atomic E-state index is 0.115. The summed E-state index contributed by atoms with van der Waals surface area (Å²) >= 11 is 0. The van der Waals surface area contributed by atoms with Gasteiger partial charge in [-0.2, -0.15) is 0 Å². The van der Waals surface area contributed by atoms with Crippen LogP contribution in [0.25, 0.3) is 22.6 Å². The van der Waals surface area contributed by atoms with Gasteiger partial charge >= 0.3 is 0 Å². The zero-order valence-corrected chi connectivity index (χ0v) is 15.2. The zero-order valence-electron chi connectivity index (χ0n) is 15.2. The zero-order chi connectivity index (χ0) is 20.6. The fraction of sp³-hybridized carbons (Fsp3) is 0.316. The molecule has 1 aromatic carbocycles. The molecule has 0 unspecified atom stereocenters. The summed E-state index contributed by atoms with van der Waals surface area (Å²) in [6.07, 6.45) is -2.75. The van der Waals surface area contributed by atoms with E-state index in [0.29, 0.717) is 11.4 Å². The number of hydrogen-bond acceptors (Lipinski definition) is 9. The fourth-order valence-electron chi connectivity index (χ4n) is 3.36. The third-order valence-electron chi connectivity index (χ3n) is 4.78. The van der Waals surface area contributed by atoms with Crippen molar-refractivity contribution < 1.29 is 25.2 Å². The highest BCUT2D eigenvalue weighted by molar-refractivity contribution is 5.84. The maximum Gasteiger partial charge on any atom is 0.241 e. The minimum atomic E-state index is -1.83. The number of hydrogen-bond donors (Lipinski definition) is 5. The van der Waals surface area contributed by atoms with E-state index in [1.165, 1.54) is 10.9 Å². The molecule has 3 aromatic rings. The first-order chi connectivity index (χ1) is 14.0. The Morgan fingerprint density at radius 2 is 1.93 bits per heavy atom. The summed E-state index contributed by atoms with van der Waals surface area (Å²) in [5, 5.41) is 39.7. The number of benzene rings is 1. The molecule has 1 saturated heterocycles. The predicted molar refractivity (Wildman–Crippen MR) is 102 cm³/mol. The standard InChI is InChI=1S/C19H19N5O5/c20-16-13-18(23-17(22-16)11-5-2-1-3-6-11)24(10-21-13)19(7-4-8-25)15(28)14(27)12(9-26)29-19/h1-3,5-6,10,12,14-15,25-28H,8-9H2,(H2,20,22,23)/t12-,14-,15-,19-/m1/s1. The Morgan fingerprint density at radius 1 is 1.17 bits per heavy atom. The highest BCUT2D eigenvalue weighted by atomic mass is 16.6. The number of ether oxygens (including phenoxy) is 1. The second-order valence-electron chi connectivity index (χ2n) is 6.52. The Morgan fingerprint density at radius 3 is 2.59 bits per heavy atom. The molecule has 1 aliphatic rings. The summed E-state index contributed by atoms with van der Waals surface area (Å²) in [7, 11) is 0. The van der Waals surface area contributed by atoms with Crippen LogP contribution in [0.15, 0.2) is 36.7 Å². The van der Waals surface area contributed by atoms with Crippen LogP contribution in [0.4, 0.5) is 5.82 Å². The number of aliphatic hydroxyl groups excluding tert-OH is 4. The van der Waals surface area contributed by atoms with Gasteiger partial charge in [0, 0.05) is 5.56 Å². The minimum Gasteiger partial charge on any atom is -0.394 e. The molecule has 0 saturated carbocycles. The molecule has 3 heterocycles. The first-order valence-electron chi connectivity index (χ1n) is 8.84. The molecule has 150 valence electrons. The van der Waals surface area contributed by atoms with Gasteiger partial charge in [0.2, 0.25) is 5.72 Å². The summed E-state index contributed by atoms with van der Waals surface area (Å²) in [6, 6.07) is 9.14. The van der Waals surface area contributed by atoms with E-state index in [4.69, 9.17) is 10.5 Å². The van der Waals surface area contributed by atoms with Gasteiger partial charge in [0.15, 0.2) is 17.3 Å². The van der Waals surface area contributed by atoms with Crippen molar-refractivity contribution in [3.8, 4) is 23.2 Å². The molecule has 0 spiro atoms. The van der Waals surface area contributed by atoms with E-state index in [0.717, 1.165) is 0 Å². The van der Waals surface area contributed by atoms with Gasteiger partial charge in [0.1, 0.15) is 36.8 Å². The molecule has 0 bridgehead atoms. The lowest BCUT2D eigenvalue weighted by molar-refractivity contribution is -0.103. The van der Waals surface area contributed by atoms with E-state index in [1.807, 2.05) is 30.3 Å². The van der Waals surface area contributed by atoms with E-state index in [2.05, 4.69) is 26.8 Å². The summed E-state index contributed by atoms with van der Waals surface area (Å²) in [4.78, 5) is 13.0. The van der Waals surface area contributed by atoms with E-state index in [1.54, 1.807) is 0 Å². The molecular formula is C19H19N5O5. The molecule has 2 aromatic heterocycles. The number of imidazole rings is 1. The van der Waals surface area contributed by atoms with E-state index in [-0.39, 0.29) is 17.0 Å². The number of rotatable bonds is 3. The molecule has 4 atom stereocenters. The highest BCUT2D eigenvalue weighted by Gasteiger charge is 2.55. The Balaban J connectivity index is 1.95. The molecule has 4 rings (SSSR count). The third kappa shape index (κ3) is 3.02. The Kier molecular flexibility index (Phi) is 4.91. The van der Waals surface area contributed by atoms with Gasteiger partial charge in [0.25, 0.3) is 0 Å². The predicted octanol–water partition coefficient (Wildman–Crippen LogP) is -1.16. The van der Waals surface area contributed by atoms with Crippen LogP contribution in [-0.4, -0.2) is 71.5 Å². The smallest absolute Gasteiger partial charge is 0.241 e. The van der Waals surface area contributed by atoms with Gasteiger partial charge < -0.3 is 30.9 Å². The quantitative estimate of drug-likeness (QED) is 0.343. The van der Waals surface area contributed by atoms with Crippen LogP contribution in [-0.2, 0) is 10.5 Å². The van der Waals surface area contributed by atoms with Gasteiger partial charge in [-0.05, 0) is 5.92 Å². The maximum atomic E-state index is 10.7.